The second-order valence-electron chi connectivity index (χ2n) is 5.23. The van der Waals surface area contributed by atoms with Crippen LogP contribution >= 0.6 is 0 Å². The molecule has 7 nitrogen and oxygen atoms in total. The van der Waals surface area contributed by atoms with Crippen LogP contribution in [0, 0.1) is 0 Å². The van der Waals surface area contributed by atoms with Gasteiger partial charge in [0.2, 0.25) is 10.0 Å². The molecule has 8 heteroatoms. The maximum absolute atomic E-state index is 11.9. The van der Waals surface area contributed by atoms with Gasteiger partial charge in [-0.2, -0.15) is 0 Å². The number of carbonyl (C=O) groups is 1. The Labute approximate surface area is 134 Å². The Bertz CT molecular complexity index is 770. The highest BCUT2D eigenvalue weighted by molar-refractivity contribution is 7.93. The number of carbonyl (C=O) groups excluding carboxylic acids is 1. The molecule has 0 radical (unpaired) electrons. The lowest BCUT2D eigenvalue weighted by atomic mass is 10.2. The second-order valence-corrected chi connectivity index (χ2v) is 7.24. The van der Waals surface area contributed by atoms with E-state index in [0.29, 0.717) is 30.9 Å². The maximum atomic E-state index is 11.9. The summed E-state index contributed by atoms with van der Waals surface area (Å²) in [7, 11) is -3.19. The number of sulfonamides is 1. The van der Waals surface area contributed by atoms with Crippen molar-refractivity contribution in [1.29, 1.82) is 0 Å². The van der Waals surface area contributed by atoms with Crippen molar-refractivity contribution in [3.05, 3.63) is 48.4 Å². The van der Waals surface area contributed by atoms with Crippen molar-refractivity contribution in [3.63, 3.8) is 0 Å². The van der Waals surface area contributed by atoms with Crippen LogP contribution in [-0.2, 0) is 16.6 Å². The third kappa shape index (κ3) is 3.65. The first-order chi connectivity index (χ1) is 11.0. The minimum atomic E-state index is -3.19. The number of benzene rings is 1. The number of hydrogen-bond donors (Lipinski definition) is 2. The first-order valence-corrected chi connectivity index (χ1v) is 8.82. The van der Waals surface area contributed by atoms with E-state index in [1.807, 2.05) is 0 Å². The van der Waals surface area contributed by atoms with E-state index in [1.165, 1.54) is 4.31 Å². The Morgan fingerprint density at radius 1 is 1.22 bits per heavy atom. The van der Waals surface area contributed by atoms with Crippen LogP contribution in [-0.4, -0.2) is 26.7 Å². The van der Waals surface area contributed by atoms with E-state index < -0.39 is 10.0 Å². The number of amides is 2. The fraction of sp³-hybridized carbons (Fsp3) is 0.267. The summed E-state index contributed by atoms with van der Waals surface area (Å²) in [5, 5.41) is 5.39. The number of nitrogens with one attached hydrogen (secondary N) is 2. The van der Waals surface area contributed by atoms with Crippen LogP contribution in [0.4, 0.5) is 16.2 Å². The van der Waals surface area contributed by atoms with Gasteiger partial charge in [-0.1, -0.05) is 0 Å². The van der Waals surface area contributed by atoms with E-state index in [9.17, 15) is 13.2 Å². The molecule has 0 saturated carbocycles. The average molecular weight is 335 g/mol. The quantitative estimate of drug-likeness (QED) is 0.895. The maximum Gasteiger partial charge on any atom is 0.319 e. The molecule has 2 aromatic rings. The van der Waals surface area contributed by atoms with Gasteiger partial charge in [-0.15, -0.1) is 0 Å². The number of nitrogens with zero attached hydrogens (tertiary/aromatic N) is 1. The third-order valence-corrected chi connectivity index (χ3v) is 5.42. The number of hydrogen-bond acceptors (Lipinski definition) is 4. The van der Waals surface area contributed by atoms with Gasteiger partial charge in [0.05, 0.1) is 24.0 Å². The summed E-state index contributed by atoms with van der Waals surface area (Å²) in [4.78, 5) is 11.8. The summed E-state index contributed by atoms with van der Waals surface area (Å²) in [6, 6.07) is 8.17. The Morgan fingerprint density at radius 3 is 2.61 bits per heavy atom. The lowest BCUT2D eigenvalue weighted by molar-refractivity contribution is 0.251. The lowest BCUT2D eigenvalue weighted by Crippen LogP contribution is -2.28. The molecule has 2 amide bonds. The molecule has 1 aromatic carbocycles. The summed E-state index contributed by atoms with van der Waals surface area (Å²) < 4.78 is 30.0. The Balaban J connectivity index is 1.58. The molecular weight excluding hydrogens is 318 g/mol. The molecule has 23 heavy (non-hydrogen) atoms. The normalized spacial score (nSPS) is 16.3. The van der Waals surface area contributed by atoms with Gasteiger partial charge in [0, 0.05) is 24.3 Å². The predicted octanol–water partition coefficient (Wildman–Crippen LogP) is 2.14. The first kappa shape index (κ1) is 15.4. The van der Waals surface area contributed by atoms with Crippen LogP contribution in [0.15, 0.2) is 47.3 Å². The van der Waals surface area contributed by atoms with Crippen LogP contribution in [0.5, 0.6) is 0 Å². The molecule has 1 saturated heterocycles. The molecule has 0 spiro atoms. The van der Waals surface area contributed by atoms with E-state index in [2.05, 4.69) is 10.6 Å². The van der Waals surface area contributed by atoms with Crippen molar-refractivity contribution in [2.75, 3.05) is 21.9 Å². The highest BCUT2D eigenvalue weighted by atomic mass is 32.2. The highest BCUT2D eigenvalue weighted by Crippen LogP contribution is 2.25. The SMILES string of the molecule is O=C(NCc1ccoc1)Nc1ccc(N2CCCS2(=O)=O)cc1. The number of anilines is 2. The molecule has 2 N–H and O–H groups in total. The Kier molecular flexibility index (Phi) is 4.24. The fourth-order valence-electron chi connectivity index (χ4n) is 2.39. The molecule has 0 aliphatic carbocycles. The van der Waals surface area contributed by atoms with Gasteiger partial charge < -0.3 is 15.1 Å². The minimum absolute atomic E-state index is 0.184. The fourth-order valence-corrected chi connectivity index (χ4v) is 3.96. The van der Waals surface area contributed by atoms with Crippen LogP contribution in [0.1, 0.15) is 12.0 Å². The Morgan fingerprint density at radius 2 is 2.00 bits per heavy atom. The summed E-state index contributed by atoms with van der Waals surface area (Å²) in [5.41, 5.74) is 2.08. The molecular formula is C15H17N3O4S. The van der Waals surface area contributed by atoms with E-state index in [0.717, 1.165) is 5.56 Å². The molecule has 1 aliphatic heterocycles. The molecule has 1 aliphatic rings. The highest BCUT2D eigenvalue weighted by Gasteiger charge is 2.28. The monoisotopic (exact) mass is 335 g/mol. The minimum Gasteiger partial charge on any atom is -0.472 e. The molecule has 1 fully saturated rings. The topological polar surface area (TPSA) is 91.7 Å². The van der Waals surface area contributed by atoms with E-state index in [4.69, 9.17) is 4.42 Å². The number of urea groups is 1. The summed E-state index contributed by atoms with van der Waals surface area (Å²) in [6.07, 6.45) is 3.74. The van der Waals surface area contributed by atoms with Crippen LogP contribution in [0.2, 0.25) is 0 Å². The zero-order valence-corrected chi connectivity index (χ0v) is 13.2. The molecule has 0 bridgehead atoms. The van der Waals surface area contributed by atoms with Crippen LogP contribution < -0.4 is 14.9 Å². The van der Waals surface area contributed by atoms with Gasteiger partial charge in [0.15, 0.2) is 0 Å². The standard InChI is InChI=1S/C15H17N3O4S/c19-15(16-10-12-6-8-22-11-12)17-13-2-4-14(5-3-13)18-7-1-9-23(18,20)21/h2-6,8,11H,1,7,9-10H2,(H2,16,17,19). The smallest absolute Gasteiger partial charge is 0.319 e. The Hall–Kier alpha value is -2.48. The zero-order chi connectivity index (χ0) is 16.3. The van der Waals surface area contributed by atoms with Crippen molar-refractivity contribution in [1.82, 2.24) is 5.32 Å². The lowest BCUT2D eigenvalue weighted by Gasteiger charge is -2.17. The summed E-state index contributed by atoms with van der Waals surface area (Å²) >= 11 is 0. The van der Waals surface area contributed by atoms with Gasteiger partial charge >= 0.3 is 6.03 Å². The van der Waals surface area contributed by atoms with Crippen molar-refractivity contribution < 1.29 is 17.6 Å². The van der Waals surface area contributed by atoms with E-state index in [1.54, 1.807) is 42.9 Å². The second kappa shape index (κ2) is 6.33. The van der Waals surface area contributed by atoms with Crippen LogP contribution in [0.3, 0.4) is 0 Å². The van der Waals surface area contributed by atoms with Gasteiger partial charge in [-0.05, 0) is 36.8 Å². The molecule has 2 heterocycles. The third-order valence-electron chi connectivity index (χ3n) is 3.55. The van der Waals surface area contributed by atoms with Crippen molar-refractivity contribution in [2.45, 2.75) is 13.0 Å². The molecule has 0 unspecified atom stereocenters. The van der Waals surface area contributed by atoms with Crippen molar-refractivity contribution in [3.8, 4) is 0 Å². The van der Waals surface area contributed by atoms with E-state index >= 15 is 0 Å². The number of furan rings is 1. The van der Waals surface area contributed by atoms with Crippen molar-refractivity contribution >= 4 is 27.4 Å². The van der Waals surface area contributed by atoms with Crippen LogP contribution in [0.25, 0.3) is 0 Å². The van der Waals surface area contributed by atoms with Gasteiger partial charge in [0.1, 0.15) is 0 Å². The first-order valence-electron chi connectivity index (χ1n) is 7.21. The summed E-state index contributed by atoms with van der Waals surface area (Å²) in [5.74, 6) is 0.184. The van der Waals surface area contributed by atoms with Gasteiger partial charge in [-0.3, -0.25) is 4.31 Å². The molecule has 0 atom stereocenters. The van der Waals surface area contributed by atoms with Crippen molar-refractivity contribution in [2.24, 2.45) is 0 Å². The average Bonchev–Trinajstić information content (AvgIpc) is 3.15. The largest absolute Gasteiger partial charge is 0.472 e. The zero-order valence-electron chi connectivity index (χ0n) is 12.4. The van der Waals surface area contributed by atoms with Gasteiger partial charge in [0.25, 0.3) is 0 Å². The predicted molar refractivity (Wildman–Crippen MR) is 86.8 cm³/mol. The molecule has 122 valence electrons. The molecule has 1 aromatic heterocycles. The van der Waals surface area contributed by atoms with E-state index in [-0.39, 0.29) is 11.8 Å². The molecule has 3 rings (SSSR count). The number of rotatable bonds is 4. The van der Waals surface area contributed by atoms with Gasteiger partial charge in [-0.25, -0.2) is 13.2 Å². The summed E-state index contributed by atoms with van der Waals surface area (Å²) in [6.45, 7) is 0.868.